The van der Waals surface area contributed by atoms with Crippen molar-refractivity contribution in [2.75, 3.05) is 0 Å². The third-order valence-corrected chi connectivity index (χ3v) is 5.18. The second-order valence-corrected chi connectivity index (χ2v) is 7.07. The lowest BCUT2D eigenvalue weighted by Gasteiger charge is -2.16. The van der Waals surface area contributed by atoms with Crippen molar-refractivity contribution in [2.24, 2.45) is 0 Å². The third kappa shape index (κ3) is 3.14. The van der Waals surface area contributed by atoms with Gasteiger partial charge in [0.25, 0.3) is 0 Å². The smallest absolute Gasteiger partial charge is 0.223 e. The molecule has 0 bridgehead atoms. The van der Waals surface area contributed by atoms with E-state index in [-0.39, 0.29) is 5.75 Å². The molecule has 144 valence electrons. The predicted octanol–water partition coefficient (Wildman–Crippen LogP) is 5.43. The van der Waals surface area contributed by atoms with Crippen molar-refractivity contribution in [3.63, 3.8) is 0 Å². The highest BCUT2D eigenvalue weighted by Crippen LogP contribution is 2.30. The molecular formula is C26H18N2O2. The molecule has 0 aliphatic rings. The Bertz CT molecular complexity index is 1420. The summed E-state index contributed by atoms with van der Waals surface area (Å²) in [6.45, 7) is 0. The van der Waals surface area contributed by atoms with Gasteiger partial charge in [-0.25, -0.2) is 0 Å². The third-order valence-electron chi connectivity index (χ3n) is 5.18. The molecule has 5 aromatic rings. The van der Waals surface area contributed by atoms with Crippen LogP contribution in [0.1, 0.15) is 0 Å². The van der Waals surface area contributed by atoms with Crippen LogP contribution >= 0.6 is 0 Å². The Morgan fingerprint density at radius 1 is 0.767 bits per heavy atom. The summed E-state index contributed by atoms with van der Waals surface area (Å²) in [4.78, 5) is 16.6. The molecule has 0 aliphatic carbocycles. The lowest BCUT2D eigenvalue weighted by molar-refractivity contribution is 0.465. The second kappa shape index (κ2) is 7.33. The summed E-state index contributed by atoms with van der Waals surface area (Å²) in [5, 5.41) is 11.2. The standard InChI is InChI=1S/C26H18N2O2/c29-25-16-24(18-7-2-1-3-8-18)28(17-26(25)30)20-10-4-9-19(15-20)21-11-5-13-23-22(21)12-6-14-27-23/h1-17,30H. The van der Waals surface area contributed by atoms with Crippen LogP contribution in [0.4, 0.5) is 0 Å². The van der Waals surface area contributed by atoms with Crippen LogP contribution in [0.15, 0.2) is 108 Å². The van der Waals surface area contributed by atoms with Crippen molar-refractivity contribution in [1.82, 2.24) is 9.55 Å². The van der Waals surface area contributed by atoms with Crippen molar-refractivity contribution in [1.29, 1.82) is 0 Å². The monoisotopic (exact) mass is 390 g/mol. The summed E-state index contributed by atoms with van der Waals surface area (Å²) in [5.41, 5.74) is 5.11. The fraction of sp³-hybridized carbons (Fsp3) is 0. The first-order valence-electron chi connectivity index (χ1n) is 9.66. The van der Waals surface area contributed by atoms with Crippen LogP contribution in [0, 0.1) is 0 Å². The van der Waals surface area contributed by atoms with Crippen LogP contribution in [0.2, 0.25) is 0 Å². The number of pyridine rings is 2. The minimum atomic E-state index is -0.401. The fourth-order valence-electron chi connectivity index (χ4n) is 3.75. The molecule has 0 saturated heterocycles. The summed E-state index contributed by atoms with van der Waals surface area (Å²) < 4.78 is 1.85. The molecule has 0 aliphatic heterocycles. The summed E-state index contributed by atoms with van der Waals surface area (Å²) in [7, 11) is 0. The van der Waals surface area contributed by atoms with Gasteiger partial charge in [0.2, 0.25) is 5.43 Å². The number of fused-ring (bicyclic) bond motifs is 1. The number of rotatable bonds is 3. The Labute approximate surface area is 173 Å². The van der Waals surface area contributed by atoms with E-state index in [0.29, 0.717) is 0 Å². The van der Waals surface area contributed by atoms with Crippen molar-refractivity contribution in [2.45, 2.75) is 0 Å². The van der Waals surface area contributed by atoms with Gasteiger partial charge in [-0.3, -0.25) is 9.78 Å². The van der Waals surface area contributed by atoms with Crippen molar-refractivity contribution >= 4 is 10.9 Å². The largest absolute Gasteiger partial charge is 0.503 e. The molecule has 4 nitrogen and oxygen atoms in total. The molecule has 30 heavy (non-hydrogen) atoms. The Hall–Kier alpha value is -4.18. The average molecular weight is 390 g/mol. The van der Waals surface area contributed by atoms with Gasteiger partial charge in [0.15, 0.2) is 5.75 Å². The number of hydrogen-bond donors (Lipinski definition) is 1. The molecule has 0 fully saturated rings. The van der Waals surface area contributed by atoms with E-state index >= 15 is 0 Å². The molecule has 1 N–H and O–H groups in total. The van der Waals surface area contributed by atoms with E-state index in [1.54, 1.807) is 6.20 Å². The first-order chi connectivity index (χ1) is 14.7. The van der Waals surface area contributed by atoms with E-state index in [9.17, 15) is 9.90 Å². The van der Waals surface area contributed by atoms with E-state index in [1.165, 1.54) is 12.3 Å². The van der Waals surface area contributed by atoms with Gasteiger partial charge in [0.1, 0.15) is 0 Å². The zero-order valence-corrected chi connectivity index (χ0v) is 16.1. The Balaban J connectivity index is 1.72. The van der Waals surface area contributed by atoms with E-state index in [1.807, 2.05) is 65.2 Å². The number of aromatic hydroxyl groups is 1. The molecular weight excluding hydrogens is 372 g/mol. The molecule has 0 atom stereocenters. The van der Waals surface area contributed by atoms with Crippen molar-refractivity contribution in [3.05, 3.63) is 114 Å². The predicted molar refractivity (Wildman–Crippen MR) is 120 cm³/mol. The topological polar surface area (TPSA) is 55.1 Å². The van der Waals surface area contributed by atoms with E-state index in [4.69, 9.17) is 0 Å². The molecule has 5 rings (SSSR count). The summed E-state index contributed by atoms with van der Waals surface area (Å²) in [6, 6.07) is 29.3. The van der Waals surface area contributed by atoms with E-state index < -0.39 is 5.43 Å². The first-order valence-corrected chi connectivity index (χ1v) is 9.66. The molecule has 2 aromatic heterocycles. The normalized spacial score (nSPS) is 10.9. The van der Waals surface area contributed by atoms with Crippen LogP contribution in [0.25, 0.3) is 39.0 Å². The van der Waals surface area contributed by atoms with Gasteiger partial charge in [-0.05, 0) is 41.0 Å². The molecule has 0 saturated carbocycles. The van der Waals surface area contributed by atoms with Crippen LogP contribution in [0.3, 0.4) is 0 Å². The van der Waals surface area contributed by atoms with Crippen molar-refractivity contribution in [3.8, 4) is 33.8 Å². The van der Waals surface area contributed by atoms with E-state index in [0.717, 1.165) is 39.0 Å². The Morgan fingerprint density at radius 3 is 2.43 bits per heavy atom. The first kappa shape index (κ1) is 17.9. The molecule has 0 unspecified atom stereocenters. The molecule has 0 radical (unpaired) electrons. The summed E-state index contributed by atoms with van der Waals surface area (Å²) in [5.74, 6) is -0.283. The zero-order chi connectivity index (χ0) is 20.5. The summed E-state index contributed by atoms with van der Waals surface area (Å²) in [6.07, 6.45) is 3.27. The number of aromatic nitrogens is 2. The van der Waals surface area contributed by atoms with Crippen molar-refractivity contribution < 1.29 is 5.11 Å². The highest BCUT2D eigenvalue weighted by molar-refractivity contribution is 5.94. The highest BCUT2D eigenvalue weighted by atomic mass is 16.3. The molecule has 0 amide bonds. The minimum absolute atomic E-state index is 0.283. The molecule has 0 spiro atoms. The maximum absolute atomic E-state index is 12.2. The Morgan fingerprint density at radius 2 is 1.57 bits per heavy atom. The quantitative estimate of drug-likeness (QED) is 0.447. The van der Waals surface area contributed by atoms with Gasteiger partial charge < -0.3 is 9.67 Å². The van der Waals surface area contributed by atoms with Gasteiger partial charge in [-0.2, -0.15) is 0 Å². The maximum Gasteiger partial charge on any atom is 0.223 e. The number of hydrogen-bond acceptors (Lipinski definition) is 3. The van der Waals surface area contributed by atoms with E-state index in [2.05, 4.69) is 29.2 Å². The molecule has 3 aromatic carbocycles. The summed E-state index contributed by atoms with van der Waals surface area (Å²) >= 11 is 0. The van der Waals surface area contributed by atoms with Gasteiger partial charge in [-0.15, -0.1) is 0 Å². The van der Waals surface area contributed by atoms with Crippen LogP contribution in [0.5, 0.6) is 5.75 Å². The fourth-order valence-corrected chi connectivity index (χ4v) is 3.75. The maximum atomic E-state index is 12.2. The average Bonchev–Trinajstić information content (AvgIpc) is 2.81. The van der Waals surface area contributed by atoms with Crippen LogP contribution < -0.4 is 5.43 Å². The molecule has 2 heterocycles. The van der Waals surface area contributed by atoms with Gasteiger partial charge in [0.05, 0.1) is 17.4 Å². The lowest BCUT2D eigenvalue weighted by Crippen LogP contribution is -2.08. The van der Waals surface area contributed by atoms with Gasteiger partial charge >= 0.3 is 0 Å². The lowest BCUT2D eigenvalue weighted by atomic mass is 10.00. The number of nitrogens with zero attached hydrogens (tertiary/aromatic N) is 2. The van der Waals surface area contributed by atoms with Gasteiger partial charge in [0, 0.05) is 23.3 Å². The van der Waals surface area contributed by atoms with Crippen LogP contribution in [-0.4, -0.2) is 14.7 Å². The second-order valence-electron chi connectivity index (χ2n) is 7.07. The minimum Gasteiger partial charge on any atom is -0.503 e. The number of benzene rings is 3. The van der Waals surface area contributed by atoms with Crippen LogP contribution in [-0.2, 0) is 0 Å². The molecule has 4 heteroatoms. The Kier molecular flexibility index (Phi) is 4.37. The zero-order valence-electron chi connectivity index (χ0n) is 16.1. The van der Waals surface area contributed by atoms with Gasteiger partial charge in [-0.1, -0.05) is 60.7 Å². The SMILES string of the molecule is O=c1cc(-c2ccccc2)n(-c2cccc(-c3cccc4ncccc34)c2)cc1O. The highest BCUT2D eigenvalue weighted by Gasteiger charge is 2.11.